The molecule has 1 aromatic rings. The van der Waals surface area contributed by atoms with Gasteiger partial charge in [0, 0.05) is 19.0 Å². The van der Waals surface area contributed by atoms with Gasteiger partial charge in [0.05, 0.1) is 0 Å². The lowest BCUT2D eigenvalue weighted by Gasteiger charge is -2.18. The van der Waals surface area contributed by atoms with Crippen LogP contribution in [0.25, 0.3) is 0 Å². The standard InChI is InChI=1S/C12H18N4O3/c13-11(16-18)8-10(9-4-2-1-3-5-9)15-6-7-19-12(14)17/h1-5,10,15,18H,6-8H2,(H2,13,16)(H2,14,17). The van der Waals surface area contributed by atoms with Crippen molar-refractivity contribution in [2.45, 2.75) is 12.5 Å². The van der Waals surface area contributed by atoms with Crippen LogP contribution in [-0.4, -0.2) is 30.3 Å². The van der Waals surface area contributed by atoms with Gasteiger partial charge >= 0.3 is 6.09 Å². The normalized spacial score (nSPS) is 12.9. The minimum atomic E-state index is -0.811. The van der Waals surface area contributed by atoms with Crippen molar-refractivity contribution in [3.05, 3.63) is 35.9 Å². The Kier molecular flexibility index (Phi) is 6.17. The van der Waals surface area contributed by atoms with E-state index < -0.39 is 6.09 Å². The Labute approximate surface area is 111 Å². The van der Waals surface area contributed by atoms with E-state index in [9.17, 15) is 4.79 Å². The van der Waals surface area contributed by atoms with E-state index in [4.69, 9.17) is 16.7 Å². The van der Waals surface area contributed by atoms with Crippen LogP contribution in [0, 0.1) is 0 Å². The molecule has 0 saturated heterocycles. The molecule has 0 aliphatic rings. The molecule has 1 atom stereocenters. The summed E-state index contributed by atoms with van der Waals surface area (Å²) < 4.78 is 4.62. The molecule has 0 heterocycles. The molecule has 1 amide bonds. The summed E-state index contributed by atoms with van der Waals surface area (Å²) in [5, 5.41) is 14.7. The van der Waals surface area contributed by atoms with Gasteiger partial charge in [-0.2, -0.15) is 0 Å². The third-order valence-corrected chi connectivity index (χ3v) is 2.48. The molecule has 0 bridgehead atoms. The average Bonchev–Trinajstić information content (AvgIpc) is 2.42. The number of carbonyl (C=O) groups excluding carboxylic acids is 1. The Balaban J connectivity index is 2.57. The predicted octanol–water partition coefficient (Wildman–Crippen LogP) is 0.549. The number of amidine groups is 1. The molecule has 0 aromatic heterocycles. The Morgan fingerprint density at radius 3 is 2.63 bits per heavy atom. The smallest absolute Gasteiger partial charge is 0.404 e. The van der Waals surface area contributed by atoms with E-state index in [0.717, 1.165) is 5.56 Å². The topological polar surface area (TPSA) is 123 Å². The highest BCUT2D eigenvalue weighted by Crippen LogP contribution is 2.15. The molecule has 1 aromatic carbocycles. The van der Waals surface area contributed by atoms with Crippen molar-refractivity contribution in [3.63, 3.8) is 0 Å². The first kappa shape index (κ1) is 14.8. The van der Waals surface area contributed by atoms with Crippen LogP contribution in [0.15, 0.2) is 35.5 Å². The second kappa shape index (κ2) is 7.93. The molecule has 0 aliphatic heterocycles. The number of oxime groups is 1. The summed E-state index contributed by atoms with van der Waals surface area (Å²) in [7, 11) is 0. The van der Waals surface area contributed by atoms with Crippen LogP contribution in [0.3, 0.4) is 0 Å². The van der Waals surface area contributed by atoms with Gasteiger partial charge < -0.3 is 26.7 Å². The SMILES string of the molecule is NC(=O)OCCNC(C/C(N)=N/O)c1ccccc1. The molecular weight excluding hydrogens is 248 g/mol. The molecule has 6 N–H and O–H groups in total. The third-order valence-electron chi connectivity index (χ3n) is 2.48. The second-order valence-corrected chi connectivity index (χ2v) is 3.88. The summed E-state index contributed by atoms with van der Waals surface area (Å²) in [6.07, 6.45) is -0.466. The number of amides is 1. The minimum absolute atomic E-state index is 0.122. The number of nitrogens with zero attached hydrogens (tertiary/aromatic N) is 1. The predicted molar refractivity (Wildman–Crippen MR) is 70.7 cm³/mol. The van der Waals surface area contributed by atoms with E-state index in [1.54, 1.807) is 0 Å². The lowest BCUT2D eigenvalue weighted by molar-refractivity contribution is 0.156. The first-order valence-electron chi connectivity index (χ1n) is 5.80. The fourth-order valence-electron chi connectivity index (χ4n) is 1.63. The molecular formula is C12H18N4O3. The van der Waals surface area contributed by atoms with E-state index in [2.05, 4.69) is 15.2 Å². The van der Waals surface area contributed by atoms with Crippen molar-refractivity contribution in [1.82, 2.24) is 5.32 Å². The summed E-state index contributed by atoms with van der Waals surface area (Å²) in [4.78, 5) is 10.4. The van der Waals surface area contributed by atoms with Gasteiger partial charge in [-0.25, -0.2) is 4.79 Å². The van der Waals surface area contributed by atoms with Gasteiger partial charge in [0.25, 0.3) is 0 Å². The third kappa shape index (κ3) is 5.73. The largest absolute Gasteiger partial charge is 0.448 e. The zero-order chi connectivity index (χ0) is 14.1. The molecule has 0 spiro atoms. The summed E-state index contributed by atoms with van der Waals surface area (Å²) in [6.45, 7) is 0.579. The highest BCUT2D eigenvalue weighted by atomic mass is 16.5. The number of hydrogen-bond acceptors (Lipinski definition) is 5. The monoisotopic (exact) mass is 266 g/mol. The van der Waals surface area contributed by atoms with Crippen molar-refractivity contribution in [3.8, 4) is 0 Å². The van der Waals surface area contributed by atoms with Gasteiger partial charge in [-0.3, -0.25) is 0 Å². The van der Waals surface area contributed by atoms with Gasteiger partial charge in [0.1, 0.15) is 12.4 Å². The number of nitrogens with one attached hydrogen (secondary N) is 1. The van der Waals surface area contributed by atoms with E-state index in [0.29, 0.717) is 13.0 Å². The van der Waals surface area contributed by atoms with Crippen molar-refractivity contribution in [2.24, 2.45) is 16.6 Å². The average molecular weight is 266 g/mol. The highest BCUT2D eigenvalue weighted by molar-refractivity contribution is 5.80. The van der Waals surface area contributed by atoms with Crippen molar-refractivity contribution in [2.75, 3.05) is 13.2 Å². The molecule has 104 valence electrons. The molecule has 0 fully saturated rings. The second-order valence-electron chi connectivity index (χ2n) is 3.88. The maximum Gasteiger partial charge on any atom is 0.404 e. The van der Waals surface area contributed by atoms with E-state index in [-0.39, 0.29) is 18.5 Å². The molecule has 0 radical (unpaired) electrons. The van der Waals surface area contributed by atoms with Gasteiger partial charge in [0.2, 0.25) is 0 Å². The van der Waals surface area contributed by atoms with Crippen molar-refractivity contribution >= 4 is 11.9 Å². The Hall–Kier alpha value is -2.28. The van der Waals surface area contributed by atoms with E-state index in [1.807, 2.05) is 30.3 Å². The number of ether oxygens (including phenoxy) is 1. The van der Waals surface area contributed by atoms with Crippen LogP contribution in [-0.2, 0) is 4.74 Å². The van der Waals surface area contributed by atoms with Crippen molar-refractivity contribution < 1.29 is 14.7 Å². The maximum absolute atomic E-state index is 10.4. The molecule has 1 rings (SSSR count). The van der Waals surface area contributed by atoms with Crippen molar-refractivity contribution in [1.29, 1.82) is 0 Å². The molecule has 19 heavy (non-hydrogen) atoms. The maximum atomic E-state index is 10.4. The molecule has 7 heteroatoms. The number of nitrogens with two attached hydrogens (primary N) is 2. The van der Waals surface area contributed by atoms with Crippen LogP contribution in [0.4, 0.5) is 4.79 Å². The summed E-state index contributed by atoms with van der Waals surface area (Å²) in [5.74, 6) is 0.122. The molecule has 1 unspecified atom stereocenters. The minimum Gasteiger partial charge on any atom is -0.448 e. The van der Waals surface area contributed by atoms with E-state index in [1.165, 1.54) is 0 Å². The van der Waals surface area contributed by atoms with Crippen LogP contribution < -0.4 is 16.8 Å². The lowest BCUT2D eigenvalue weighted by atomic mass is 10.0. The van der Waals surface area contributed by atoms with E-state index >= 15 is 0 Å². The number of primary amides is 1. The quantitative estimate of drug-likeness (QED) is 0.189. The zero-order valence-electron chi connectivity index (χ0n) is 10.5. The van der Waals surface area contributed by atoms with Crippen LogP contribution in [0.5, 0.6) is 0 Å². The van der Waals surface area contributed by atoms with Crippen LogP contribution in [0.1, 0.15) is 18.0 Å². The first-order chi connectivity index (χ1) is 9.13. The Morgan fingerprint density at radius 1 is 1.37 bits per heavy atom. The summed E-state index contributed by atoms with van der Waals surface area (Å²) in [5.41, 5.74) is 11.4. The molecule has 0 saturated carbocycles. The van der Waals surface area contributed by atoms with Gasteiger partial charge in [-0.05, 0) is 5.56 Å². The number of hydrogen-bond donors (Lipinski definition) is 4. The zero-order valence-corrected chi connectivity index (χ0v) is 10.5. The van der Waals surface area contributed by atoms with Crippen LogP contribution >= 0.6 is 0 Å². The summed E-state index contributed by atoms with van der Waals surface area (Å²) in [6, 6.07) is 9.43. The van der Waals surface area contributed by atoms with Gasteiger partial charge in [-0.1, -0.05) is 35.5 Å². The fraction of sp³-hybridized carbons (Fsp3) is 0.333. The first-order valence-corrected chi connectivity index (χ1v) is 5.80. The Morgan fingerprint density at radius 2 is 2.05 bits per heavy atom. The van der Waals surface area contributed by atoms with Crippen LogP contribution in [0.2, 0.25) is 0 Å². The number of rotatable bonds is 7. The van der Waals surface area contributed by atoms with Gasteiger partial charge in [0.15, 0.2) is 0 Å². The molecule has 7 nitrogen and oxygen atoms in total. The number of carbonyl (C=O) groups is 1. The Bertz CT molecular complexity index is 422. The number of benzene rings is 1. The molecule has 0 aliphatic carbocycles. The fourth-order valence-corrected chi connectivity index (χ4v) is 1.63. The highest BCUT2D eigenvalue weighted by Gasteiger charge is 2.12. The summed E-state index contributed by atoms with van der Waals surface area (Å²) >= 11 is 0. The lowest BCUT2D eigenvalue weighted by Crippen LogP contribution is -2.30. The van der Waals surface area contributed by atoms with Gasteiger partial charge in [-0.15, -0.1) is 0 Å².